The van der Waals surface area contributed by atoms with Gasteiger partial charge in [0.25, 0.3) is 0 Å². The molecule has 0 bridgehead atoms. The normalized spacial score (nSPS) is 12.4. The molecule has 0 heterocycles. The first kappa shape index (κ1) is 15.7. The van der Waals surface area contributed by atoms with Crippen LogP contribution in [-0.2, 0) is 6.42 Å². The highest BCUT2D eigenvalue weighted by Crippen LogP contribution is 2.26. The van der Waals surface area contributed by atoms with Crippen molar-refractivity contribution in [3.63, 3.8) is 0 Å². The fraction of sp³-hybridized carbons (Fsp3) is 0.250. The zero-order valence-electron chi connectivity index (χ0n) is 11.2. The van der Waals surface area contributed by atoms with Crippen LogP contribution in [0.3, 0.4) is 0 Å². The molecule has 2 aromatic carbocycles. The Balaban J connectivity index is 2.29. The molecule has 106 valence electrons. The lowest BCUT2D eigenvalue weighted by molar-refractivity contribution is 0.507. The molecule has 0 aliphatic rings. The molecule has 0 spiro atoms. The van der Waals surface area contributed by atoms with Gasteiger partial charge >= 0.3 is 0 Å². The van der Waals surface area contributed by atoms with Crippen LogP contribution in [0.25, 0.3) is 0 Å². The number of nitrogens with one attached hydrogen (secondary N) is 1. The van der Waals surface area contributed by atoms with Gasteiger partial charge in [0, 0.05) is 16.1 Å². The van der Waals surface area contributed by atoms with Gasteiger partial charge in [-0.05, 0) is 52.7 Å². The molecule has 0 saturated heterocycles. The minimum atomic E-state index is -0.187. The average Bonchev–Trinajstić information content (AvgIpc) is 2.42. The maximum Gasteiger partial charge on any atom is 0.142 e. The molecule has 1 atom stereocenters. The van der Waals surface area contributed by atoms with Crippen molar-refractivity contribution in [2.75, 3.05) is 6.54 Å². The van der Waals surface area contributed by atoms with Crippen LogP contribution in [0.15, 0.2) is 51.4 Å². The van der Waals surface area contributed by atoms with Crippen molar-refractivity contribution >= 4 is 31.9 Å². The summed E-state index contributed by atoms with van der Waals surface area (Å²) in [4.78, 5) is 0. The van der Waals surface area contributed by atoms with Gasteiger partial charge in [0.05, 0.1) is 4.47 Å². The number of benzene rings is 2. The van der Waals surface area contributed by atoms with E-state index in [1.807, 2.05) is 31.2 Å². The van der Waals surface area contributed by atoms with E-state index in [0.29, 0.717) is 10.0 Å². The standard InChI is InChI=1S/C16H16Br2FN/c1-2-20-15(10-11-5-3-6-12(17)9-11)13-7-4-8-14(18)16(13)19/h3-9,15,20H,2,10H2,1H3. The number of likely N-dealkylation sites (N-methyl/N-ethyl adjacent to an activating group) is 1. The van der Waals surface area contributed by atoms with Gasteiger partial charge in [0.2, 0.25) is 0 Å². The molecule has 0 saturated carbocycles. The molecule has 0 aromatic heterocycles. The zero-order chi connectivity index (χ0) is 14.5. The van der Waals surface area contributed by atoms with E-state index in [9.17, 15) is 4.39 Å². The summed E-state index contributed by atoms with van der Waals surface area (Å²) in [5.41, 5.74) is 1.87. The van der Waals surface area contributed by atoms with Crippen molar-refractivity contribution < 1.29 is 4.39 Å². The van der Waals surface area contributed by atoms with E-state index in [-0.39, 0.29) is 11.9 Å². The first-order valence-corrected chi connectivity index (χ1v) is 8.12. The Hall–Kier alpha value is -0.710. The number of halogens is 3. The first-order valence-electron chi connectivity index (χ1n) is 6.53. The van der Waals surface area contributed by atoms with E-state index in [0.717, 1.165) is 17.4 Å². The summed E-state index contributed by atoms with van der Waals surface area (Å²) < 4.78 is 15.8. The van der Waals surface area contributed by atoms with Crippen LogP contribution in [-0.4, -0.2) is 6.54 Å². The van der Waals surface area contributed by atoms with E-state index in [1.54, 1.807) is 6.07 Å². The summed E-state index contributed by atoms with van der Waals surface area (Å²) in [6.07, 6.45) is 0.751. The molecule has 20 heavy (non-hydrogen) atoms. The largest absolute Gasteiger partial charge is 0.310 e. The predicted molar refractivity (Wildman–Crippen MR) is 88.4 cm³/mol. The zero-order valence-corrected chi connectivity index (χ0v) is 14.3. The maximum absolute atomic E-state index is 14.3. The molecule has 0 aliphatic carbocycles. The molecule has 0 aliphatic heterocycles. The lowest BCUT2D eigenvalue weighted by Crippen LogP contribution is -2.24. The summed E-state index contributed by atoms with van der Waals surface area (Å²) in [6.45, 7) is 2.83. The minimum Gasteiger partial charge on any atom is -0.310 e. The van der Waals surface area contributed by atoms with Gasteiger partial charge < -0.3 is 5.32 Å². The van der Waals surface area contributed by atoms with E-state index in [2.05, 4.69) is 49.3 Å². The molecule has 0 radical (unpaired) electrons. The van der Waals surface area contributed by atoms with E-state index < -0.39 is 0 Å². The first-order chi connectivity index (χ1) is 9.61. The summed E-state index contributed by atoms with van der Waals surface area (Å²) in [6, 6.07) is 13.5. The molecule has 1 unspecified atom stereocenters. The van der Waals surface area contributed by atoms with Gasteiger partial charge in [-0.2, -0.15) is 0 Å². The van der Waals surface area contributed by atoms with Crippen molar-refractivity contribution in [2.45, 2.75) is 19.4 Å². The van der Waals surface area contributed by atoms with Gasteiger partial charge in [0.1, 0.15) is 5.82 Å². The quantitative estimate of drug-likeness (QED) is 0.723. The Kier molecular flexibility index (Phi) is 5.75. The molecule has 0 fully saturated rings. The SMILES string of the molecule is CCNC(Cc1cccc(Br)c1)c1cccc(Br)c1F. The molecule has 1 nitrogen and oxygen atoms in total. The summed E-state index contributed by atoms with van der Waals surface area (Å²) in [5, 5.41) is 3.36. The molecule has 0 amide bonds. The van der Waals surface area contributed by atoms with Gasteiger partial charge in [-0.3, -0.25) is 0 Å². The van der Waals surface area contributed by atoms with Crippen molar-refractivity contribution in [1.82, 2.24) is 5.32 Å². The minimum absolute atomic E-state index is 0.0354. The Morgan fingerprint density at radius 3 is 2.60 bits per heavy atom. The van der Waals surface area contributed by atoms with E-state index >= 15 is 0 Å². The second-order valence-electron chi connectivity index (χ2n) is 4.59. The molecule has 2 aromatic rings. The van der Waals surface area contributed by atoms with E-state index in [1.165, 1.54) is 5.56 Å². The highest BCUT2D eigenvalue weighted by Gasteiger charge is 2.17. The lowest BCUT2D eigenvalue weighted by atomic mass is 9.98. The molecular formula is C16H16Br2FN. The second-order valence-corrected chi connectivity index (χ2v) is 6.36. The van der Waals surface area contributed by atoms with Crippen LogP contribution in [0.5, 0.6) is 0 Å². The Morgan fingerprint density at radius 1 is 1.15 bits per heavy atom. The number of hydrogen-bond donors (Lipinski definition) is 1. The average molecular weight is 401 g/mol. The van der Waals surface area contributed by atoms with Crippen molar-refractivity contribution in [2.24, 2.45) is 0 Å². The maximum atomic E-state index is 14.3. The number of rotatable bonds is 5. The van der Waals surface area contributed by atoms with Gasteiger partial charge in [-0.1, -0.05) is 47.1 Å². The van der Waals surface area contributed by atoms with Crippen LogP contribution in [0.1, 0.15) is 24.1 Å². The molecule has 4 heteroatoms. The smallest absolute Gasteiger partial charge is 0.142 e. The highest BCUT2D eigenvalue weighted by atomic mass is 79.9. The summed E-state index contributed by atoms with van der Waals surface area (Å²) in [7, 11) is 0. The van der Waals surface area contributed by atoms with Crippen molar-refractivity contribution in [3.05, 3.63) is 68.4 Å². The Labute approximate surface area is 135 Å². The molecule has 2 rings (SSSR count). The second kappa shape index (κ2) is 7.34. The molecule has 1 N–H and O–H groups in total. The van der Waals surface area contributed by atoms with Crippen LogP contribution < -0.4 is 5.32 Å². The fourth-order valence-electron chi connectivity index (χ4n) is 2.23. The topological polar surface area (TPSA) is 12.0 Å². The third kappa shape index (κ3) is 3.90. The molecular weight excluding hydrogens is 385 g/mol. The van der Waals surface area contributed by atoms with Crippen LogP contribution >= 0.6 is 31.9 Å². The van der Waals surface area contributed by atoms with Crippen molar-refractivity contribution in [3.8, 4) is 0 Å². The van der Waals surface area contributed by atoms with Gasteiger partial charge in [-0.25, -0.2) is 4.39 Å². The summed E-state index contributed by atoms with van der Waals surface area (Å²) >= 11 is 6.72. The summed E-state index contributed by atoms with van der Waals surface area (Å²) in [5.74, 6) is -0.187. The lowest BCUT2D eigenvalue weighted by Gasteiger charge is -2.20. The van der Waals surface area contributed by atoms with Crippen LogP contribution in [0.4, 0.5) is 4.39 Å². The Bertz CT molecular complexity index is 586. The van der Waals surface area contributed by atoms with E-state index in [4.69, 9.17) is 0 Å². The third-order valence-electron chi connectivity index (χ3n) is 3.14. The van der Waals surface area contributed by atoms with Crippen LogP contribution in [0, 0.1) is 5.82 Å². The predicted octanol–water partition coefficient (Wildman–Crippen LogP) is 5.24. The number of hydrogen-bond acceptors (Lipinski definition) is 1. The Morgan fingerprint density at radius 2 is 1.90 bits per heavy atom. The third-order valence-corrected chi connectivity index (χ3v) is 4.24. The van der Waals surface area contributed by atoms with Crippen molar-refractivity contribution in [1.29, 1.82) is 0 Å². The van der Waals surface area contributed by atoms with Gasteiger partial charge in [-0.15, -0.1) is 0 Å². The monoisotopic (exact) mass is 399 g/mol. The fourth-order valence-corrected chi connectivity index (χ4v) is 3.06. The van der Waals surface area contributed by atoms with Gasteiger partial charge in [0.15, 0.2) is 0 Å². The van der Waals surface area contributed by atoms with Crippen LogP contribution in [0.2, 0.25) is 0 Å². The highest BCUT2D eigenvalue weighted by molar-refractivity contribution is 9.10.